The summed E-state index contributed by atoms with van der Waals surface area (Å²) in [4.78, 5) is 19.0. The molecule has 0 bridgehead atoms. The molecule has 158 valence electrons. The minimum absolute atomic E-state index is 0.205. The molecule has 1 saturated heterocycles. The molecule has 7 nitrogen and oxygen atoms in total. The summed E-state index contributed by atoms with van der Waals surface area (Å²) in [6.45, 7) is 1.07. The van der Waals surface area contributed by atoms with Crippen molar-refractivity contribution in [3.8, 4) is 16.3 Å². The van der Waals surface area contributed by atoms with Crippen LogP contribution in [0.1, 0.15) is 10.5 Å². The van der Waals surface area contributed by atoms with Gasteiger partial charge >= 0.3 is 0 Å². The number of methoxy groups -OCH3 is 1. The monoisotopic (exact) mass is 483 g/mol. The molecule has 30 heavy (non-hydrogen) atoms. The van der Waals surface area contributed by atoms with E-state index in [4.69, 9.17) is 16.3 Å². The van der Waals surface area contributed by atoms with Crippen molar-refractivity contribution in [1.82, 2.24) is 14.2 Å². The van der Waals surface area contributed by atoms with Gasteiger partial charge in [0.25, 0.3) is 15.9 Å². The number of carbonyl (C=O) groups is 1. The van der Waals surface area contributed by atoms with Gasteiger partial charge in [0.1, 0.15) is 20.7 Å². The van der Waals surface area contributed by atoms with Crippen LogP contribution in [0.15, 0.2) is 46.0 Å². The van der Waals surface area contributed by atoms with Crippen molar-refractivity contribution in [1.29, 1.82) is 0 Å². The number of para-hydroxylation sites is 1. The molecule has 3 aromatic rings. The van der Waals surface area contributed by atoms with E-state index in [1.165, 1.54) is 21.7 Å². The van der Waals surface area contributed by atoms with Gasteiger partial charge in [-0.2, -0.15) is 4.31 Å². The number of sulfonamides is 1. The van der Waals surface area contributed by atoms with E-state index in [1.54, 1.807) is 23.5 Å². The first-order valence-corrected chi connectivity index (χ1v) is 12.6. The second-order valence-corrected chi connectivity index (χ2v) is 11.2. The maximum atomic E-state index is 12.9. The number of rotatable bonds is 5. The van der Waals surface area contributed by atoms with Crippen molar-refractivity contribution in [2.24, 2.45) is 0 Å². The van der Waals surface area contributed by atoms with E-state index < -0.39 is 10.0 Å². The number of hydrogen-bond donors (Lipinski definition) is 0. The highest BCUT2D eigenvalue weighted by atomic mass is 35.5. The molecule has 11 heteroatoms. The summed E-state index contributed by atoms with van der Waals surface area (Å²) in [6, 6.07) is 10.6. The Kier molecular flexibility index (Phi) is 6.12. The lowest BCUT2D eigenvalue weighted by molar-refractivity contribution is 0.0693. The Morgan fingerprint density at radius 2 is 1.87 bits per heavy atom. The van der Waals surface area contributed by atoms with E-state index in [0.29, 0.717) is 33.9 Å². The van der Waals surface area contributed by atoms with Crippen LogP contribution in [0.2, 0.25) is 4.34 Å². The number of hydrogen-bond acceptors (Lipinski definition) is 7. The maximum absolute atomic E-state index is 12.9. The van der Waals surface area contributed by atoms with E-state index in [2.05, 4.69) is 4.98 Å². The topological polar surface area (TPSA) is 79.8 Å². The summed E-state index contributed by atoms with van der Waals surface area (Å²) in [7, 11) is -2.00. The normalized spacial score (nSPS) is 15.3. The molecule has 0 saturated carbocycles. The van der Waals surface area contributed by atoms with Gasteiger partial charge < -0.3 is 9.64 Å². The van der Waals surface area contributed by atoms with Crippen LogP contribution in [0.5, 0.6) is 5.75 Å². The standard InChI is InChI=1S/C19H18ClN3O4S3/c1-27-15-5-3-2-4-13(15)18-21-14(12-28-18)19(24)22-8-10-23(11-9-22)30(25,26)17-7-6-16(20)29-17/h2-7,12H,8-11H2,1H3. The van der Waals surface area contributed by atoms with Crippen molar-refractivity contribution in [2.75, 3.05) is 33.3 Å². The Labute approximate surface area is 187 Å². The van der Waals surface area contributed by atoms with Crippen molar-refractivity contribution >= 4 is 50.2 Å². The SMILES string of the molecule is COc1ccccc1-c1nc(C(=O)N2CCN(S(=O)(=O)c3ccc(Cl)s3)CC2)cs1. The van der Waals surface area contributed by atoms with Crippen LogP contribution in [-0.2, 0) is 10.0 Å². The number of halogens is 1. The van der Waals surface area contributed by atoms with Crippen LogP contribution in [-0.4, -0.2) is 61.8 Å². The molecule has 1 aromatic carbocycles. The van der Waals surface area contributed by atoms with Crippen LogP contribution >= 0.6 is 34.3 Å². The minimum atomic E-state index is -3.59. The lowest BCUT2D eigenvalue weighted by Gasteiger charge is -2.33. The molecule has 1 aliphatic rings. The molecule has 0 unspecified atom stereocenters. The summed E-state index contributed by atoms with van der Waals surface area (Å²) in [6.07, 6.45) is 0. The predicted octanol–water partition coefficient (Wildman–Crippen LogP) is 3.68. The van der Waals surface area contributed by atoms with E-state index in [9.17, 15) is 13.2 Å². The summed E-state index contributed by atoms with van der Waals surface area (Å²) < 4.78 is 32.8. The number of carbonyl (C=O) groups excluding carboxylic acids is 1. The summed E-state index contributed by atoms with van der Waals surface area (Å²) >= 11 is 8.28. The fourth-order valence-corrected chi connectivity index (χ4v) is 7.06. The third-order valence-electron chi connectivity index (χ3n) is 4.73. The highest BCUT2D eigenvalue weighted by Gasteiger charge is 2.32. The zero-order chi connectivity index (χ0) is 21.3. The number of thiazole rings is 1. The molecule has 1 aliphatic heterocycles. The number of thiophene rings is 1. The highest BCUT2D eigenvalue weighted by Crippen LogP contribution is 2.32. The van der Waals surface area contributed by atoms with Crippen LogP contribution in [0.25, 0.3) is 10.6 Å². The van der Waals surface area contributed by atoms with Crippen LogP contribution < -0.4 is 4.74 Å². The van der Waals surface area contributed by atoms with Gasteiger partial charge in [0.2, 0.25) is 0 Å². The Bertz CT molecular complexity index is 1170. The second kappa shape index (κ2) is 8.64. The first kappa shape index (κ1) is 21.3. The van der Waals surface area contributed by atoms with Crippen molar-refractivity contribution in [2.45, 2.75) is 4.21 Å². The summed E-state index contributed by atoms with van der Waals surface area (Å²) in [5, 5.41) is 2.42. The number of piperazine rings is 1. The van der Waals surface area contributed by atoms with Gasteiger partial charge in [-0.05, 0) is 24.3 Å². The molecule has 0 radical (unpaired) electrons. The van der Waals surface area contributed by atoms with Gasteiger partial charge in [0, 0.05) is 31.6 Å². The van der Waals surface area contributed by atoms with Gasteiger partial charge in [-0.1, -0.05) is 23.7 Å². The number of nitrogens with zero attached hydrogens (tertiary/aromatic N) is 3. The predicted molar refractivity (Wildman–Crippen MR) is 118 cm³/mol. The zero-order valence-electron chi connectivity index (χ0n) is 15.9. The number of amides is 1. The van der Waals surface area contributed by atoms with Gasteiger partial charge in [-0.15, -0.1) is 22.7 Å². The van der Waals surface area contributed by atoms with Gasteiger partial charge in [0.05, 0.1) is 17.0 Å². The summed E-state index contributed by atoms with van der Waals surface area (Å²) in [5.41, 5.74) is 1.18. The Balaban J connectivity index is 1.45. The lowest BCUT2D eigenvalue weighted by atomic mass is 10.2. The van der Waals surface area contributed by atoms with Gasteiger partial charge in [0.15, 0.2) is 0 Å². The van der Waals surface area contributed by atoms with E-state index in [0.717, 1.165) is 16.9 Å². The minimum Gasteiger partial charge on any atom is -0.496 e. The van der Waals surface area contributed by atoms with Crippen LogP contribution in [0.4, 0.5) is 0 Å². The molecule has 1 amide bonds. The fourth-order valence-electron chi connectivity index (χ4n) is 3.17. The van der Waals surface area contributed by atoms with Gasteiger partial charge in [-0.25, -0.2) is 13.4 Å². The quantitative estimate of drug-likeness (QED) is 0.553. The molecule has 2 aromatic heterocycles. The molecule has 0 N–H and O–H groups in total. The Morgan fingerprint density at radius 3 is 2.53 bits per heavy atom. The van der Waals surface area contributed by atoms with Gasteiger partial charge in [-0.3, -0.25) is 4.79 Å². The fraction of sp³-hybridized carbons (Fsp3) is 0.263. The van der Waals surface area contributed by atoms with Crippen LogP contribution in [0.3, 0.4) is 0 Å². The van der Waals surface area contributed by atoms with E-state index in [-0.39, 0.29) is 23.2 Å². The average Bonchev–Trinajstić information content (AvgIpc) is 3.43. The molecular formula is C19H18ClN3O4S3. The smallest absolute Gasteiger partial charge is 0.273 e. The van der Waals surface area contributed by atoms with Crippen molar-refractivity contribution in [3.05, 3.63) is 51.8 Å². The van der Waals surface area contributed by atoms with E-state index in [1.807, 2.05) is 24.3 Å². The third-order valence-corrected chi connectivity index (χ3v) is 9.20. The summed E-state index contributed by atoms with van der Waals surface area (Å²) in [5.74, 6) is 0.488. The molecule has 4 rings (SSSR count). The largest absolute Gasteiger partial charge is 0.496 e. The first-order chi connectivity index (χ1) is 14.4. The molecule has 0 aliphatic carbocycles. The number of ether oxygens (including phenoxy) is 1. The Hall–Kier alpha value is -1.98. The average molecular weight is 484 g/mol. The molecular weight excluding hydrogens is 466 g/mol. The molecule has 3 heterocycles. The zero-order valence-corrected chi connectivity index (χ0v) is 19.2. The maximum Gasteiger partial charge on any atom is 0.273 e. The van der Waals surface area contributed by atoms with Crippen LogP contribution in [0, 0.1) is 0 Å². The molecule has 0 atom stereocenters. The first-order valence-electron chi connectivity index (χ1n) is 9.04. The third kappa shape index (κ3) is 4.10. The highest BCUT2D eigenvalue weighted by molar-refractivity contribution is 7.91. The van der Waals surface area contributed by atoms with Crippen molar-refractivity contribution in [3.63, 3.8) is 0 Å². The number of benzene rings is 1. The van der Waals surface area contributed by atoms with Crippen molar-refractivity contribution < 1.29 is 17.9 Å². The lowest BCUT2D eigenvalue weighted by Crippen LogP contribution is -2.50. The second-order valence-electron chi connectivity index (χ2n) is 6.49. The molecule has 0 spiro atoms. The van der Waals surface area contributed by atoms with E-state index >= 15 is 0 Å². The Morgan fingerprint density at radius 1 is 1.13 bits per heavy atom. The molecule has 1 fully saturated rings. The number of aromatic nitrogens is 1.